The Morgan fingerprint density at radius 2 is 1.86 bits per heavy atom. The molecular weight excluding hydrogens is 374 g/mol. The Bertz CT molecular complexity index is 969. The lowest BCUT2D eigenvalue weighted by Crippen LogP contribution is -2.25. The van der Waals surface area contributed by atoms with Crippen molar-refractivity contribution in [2.45, 2.75) is 29.8 Å². The number of hydrogen-bond acceptors (Lipinski definition) is 5. The number of aromatic amines is 1. The summed E-state index contributed by atoms with van der Waals surface area (Å²) >= 11 is 1.48. The molecule has 1 aromatic heterocycles. The highest BCUT2D eigenvalue weighted by Gasteiger charge is 2.23. The second-order valence-electron chi connectivity index (χ2n) is 6.52. The van der Waals surface area contributed by atoms with Crippen molar-refractivity contribution >= 4 is 29.3 Å². The van der Waals surface area contributed by atoms with Crippen LogP contribution in [0, 0.1) is 0 Å². The van der Waals surface area contributed by atoms with Gasteiger partial charge in [-0.1, -0.05) is 30.0 Å². The van der Waals surface area contributed by atoms with E-state index in [-0.39, 0.29) is 11.8 Å². The van der Waals surface area contributed by atoms with E-state index in [4.69, 9.17) is 0 Å². The summed E-state index contributed by atoms with van der Waals surface area (Å²) < 4.78 is 0. The second kappa shape index (κ2) is 8.26. The molecule has 3 N–H and O–H groups in total. The maximum atomic E-state index is 12.7. The van der Waals surface area contributed by atoms with Crippen LogP contribution in [-0.2, 0) is 5.75 Å². The number of carbonyl (C=O) groups is 2. The van der Waals surface area contributed by atoms with Gasteiger partial charge in [-0.3, -0.25) is 14.7 Å². The minimum atomic E-state index is -0.191. The van der Waals surface area contributed by atoms with Gasteiger partial charge in [-0.2, -0.15) is 5.10 Å². The molecule has 1 heterocycles. The minimum Gasteiger partial charge on any atom is -0.349 e. The number of aromatic nitrogens is 3. The molecule has 0 saturated heterocycles. The monoisotopic (exact) mass is 393 g/mol. The van der Waals surface area contributed by atoms with Crippen LogP contribution < -0.4 is 10.6 Å². The molecule has 8 heteroatoms. The molecule has 142 valence electrons. The van der Waals surface area contributed by atoms with E-state index in [2.05, 4.69) is 25.8 Å². The summed E-state index contributed by atoms with van der Waals surface area (Å²) in [6.45, 7) is 0. The van der Waals surface area contributed by atoms with Gasteiger partial charge in [0.25, 0.3) is 11.8 Å². The number of anilines is 1. The molecule has 0 aliphatic heterocycles. The molecule has 0 spiro atoms. The Morgan fingerprint density at radius 1 is 1.07 bits per heavy atom. The fourth-order valence-corrected chi connectivity index (χ4v) is 3.46. The van der Waals surface area contributed by atoms with Gasteiger partial charge in [0.05, 0.1) is 0 Å². The summed E-state index contributed by atoms with van der Waals surface area (Å²) in [5, 5.41) is 13.2. The van der Waals surface area contributed by atoms with Crippen molar-refractivity contribution in [2.75, 3.05) is 5.32 Å². The van der Waals surface area contributed by atoms with Crippen LogP contribution in [0.3, 0.4) is 0 Å². The van der Waals surface area contributed by atoms with E-state index >= 15 is 0 Å². The minimum absolute atomic E-state index is 0.0739. The van der Waals surface area contributed by atoms with Crippen LogP contribution in [0.25, 0.3) is 0 Å². The van der Waals surface area contributed by atoms with Crippen molar-refractivity contribution in [3.63, 3.8) is 0 Å². The van der Waals surface area contributed by atoms with Crippen LogP contribution in [0.1, 0.15) is 39.1 Å². The van der Waals surface area contributed by atoms with E-state index in [9.17, 15) is 9.59 Å². The number of H-pyrrole nitrogens is 1. The lowest BCUT2D eigenvalue weighted by Gasteiger charge is -2.10. The van der Waals surface area contributed by atoms with Crippen molar-refractivity contribution < 1.29 is 9.59 Å². The van der Waals surface area contributed by atoms with Gasteiger partial charge in [0, 0.05) is 28.6 Å². The normalized spacial score (nSPS) is 13.1. The lowest BCUT2D eigenvalue weighted by atomic mass is 10.1. The molecule has 3 aromatic rings. The van der Waals surface area contributed by atoms with Crippen LogP contribution in [-0.4, -0.2) is 33.0 Å². The van der Waals surface area contributed by atoms with Crippen LogP contribution in [0.2, 0.25) is 0 Å². The fourth-order valence-electron chi connectivity index (χ4n) is 2.68. The van der Waals surface area contributed by atoms with Gasteiger partial charge in [-0.25, -0.2) is 4.98 Å². The van der Waals surface area contributed by atoms with Crippen molar-refractivity contribution in [1.82, 2.24) is 20.5 Å². The first-order valence-electron chi connectivity index (χ1n) is 8.97. The van der Waals surface area contributed by atoms with E-state index in [1.807, 2.05) is 18.2 Å². The van der Waals surface area contributed by atoms with Crippen LogP contribution in [0.15, 0.2) is 60.0 Å². The molecule has 0 bridgehead atoms. The molecule has 1 aliphatic carbocycles. The van der Waals surface area contributed by atoms with E-state index in [0.29, 0.717) is 33.8 Å². The number of nitrogens with zero attached hydrogens (tertiary/aromatic N) is 2. The molecule has 0 unspecified atom stereocenters. The van der Waals surface area contributed by atoms with Gasteiger partial charge in [0.1, 0.15) is 6.33 Å². The predicted octanol–water partition coefficient (Wildman–Crippen LogP) is 3.24. The molecule has 4 rings (SSSR count). The highest BCUT2D eigenvalue weighted by Crippen LogP contribution is 2.22. The molecule has 28 heavy (non-hydrogen) atoms. The Labute approximate surface area is 166 Å². The third-order valence-corrected chi connectivity index (χ3v) is 5.26. The smallest absolute Gasteiger partial charge is 0.255 e. The van der Waals surface area contributed by atoms with Crippen molar-refractivity contribution in [3.05, 3.63) is 71.5 Å². The quantitative estimate of drug-likeness (QED) is 0.535. The summed E-state index contributed by atoms with van der Waals surface area (Å²) in [4.78, 5) is 28.9. The number of nitrogens with one attached hydrogen (secondary N) is 3. The number of hydrogen-bond donors (Lipinski definition) is 3. The van der Waals surface area contributed by atoms with Crippen LogP contribution >= 0.6 is 11.8 Å². The molecule has 1 fully saturated rings. The average molecular weight is 393 g/mol. The third-order valence-electron chi connectivity index (χ3n) is 4.34. The number of amides is 2. The van der Waals surface area contributed by atoms with Gasteiger partial charge >= 0.3 is 0 Å². The third kappa shape index (κ3) is 4.58. The molecule has 7 nitrogen and oxygen atoms in total. The highest BCUT2D eigenvalue weighted by molar-refractivity contribution is 7.98. The largest absolute Gasteiger partial charge is 0.349 e. The Balaban J connectivity index is 1.41. The first kappa shape index (κ1) is 18.2. The summed E-state index contributed by atoms with van der Waals surface area (Å²) in [6, 6.07) is 14.7. The Kier molecular flexibility index (Phi) is 5.38. The number of rotatable bonds is 7. The molecule has 0 atom stereocenters. The highest BCUT2D eigenvalue weighted by atomic mass is 32.2. The maximum absolute atomic E-state index is 12.7. The number of carbonyl (C=O) groups excluding carboxylic acids is 2. The number of benzene rings is 2. The van der Waals surface area contributed by atoms with Gasteiger partial charge in [-0.15, -0.1) is 0 Å². The summed E-state index contributed by atoms with van der Waals surface area (Å²) in [6.07, 6.45) is 3.55. The van der Waals surface area contributed by atoms with Gasteiger partial charge in [0.15, 0.2) is 5.16 Å². The average Bonchev–Trinajstić information content (AvgIpc) is 3.37. The maximum Gasteiger partial charge on any atom is 0.255 e. The van der Waals surface area contributed by atoms with Crippen LogP contribution in [0.5, 0.6) is 0 Å². The van der Waals surface area contributed by atoms with Crippen LogP contribution in [0.4, 0.5) is 5.69 Å². The van der Waals surface area contributed by atoms with Crippen molar-refractivity contribution in [1.29, 1.82) is 0 Å². The van der Waals surface area contributed by atoms with Gasteiger partial charge < -0.3 is 10.6 Å². The summed E-state index contributed by atoms with van der Waals surface area (Å²) in [7, 11) is 0. The number of thioether (sulfide) groups is 1. The van der Waals surface area contributed by atoms with E-state index in [0.717, 1.165) is 18.4 Å². The Hall–Kier alpha value is -3.13. The van der Waals surface area contributed by atoms with Crippen molar-refractivity contribution in [3.8, 4) is 0 Å². The second-order valence-corrected chi connectivity index (χ2v) is 7.48. The zero-order chi connectivity index (χ0) is 19.3. The predicted molar refractivity (Wildman–Crippen MR) is 107 cm³/mol. The van der Waals surface area contributed by atoms with E-state index < -0.39 is 0 Å². The molecule has 0 radical (unpaired) electrons. The topological polar surface area (TPSA) is 99.8 Å². The zero-order valence-electron chi connectivity index (χ0n) is 15.0. The van der Waals surface area contributed by atoms with Gasteiger partial charge in [-0.05, 0) is 48.7 Å². The molecule has 2 amide bonds. The summed E-state index contributed by atoms with van der Waals surface area (Å²) in [5.41, 5.74) is 2.74. The molecule has 2 aromatic carbocycles. The van der Waals surface area contributed by atoms with E-state index in [1.165, 1.54) is 18.1 Å². The lowest BCUT2D eigenvalue weighted by molar-refractivity contribution is 0.0950. The molecule has 1 aliphatic rings. The Morgan fingerprint density at radius 3 is 2.57 bits per heavy atom. The molecular formula is C20H19N5O2S. The summed E-state index contributed by atoms with van der Waals surface area (Å²) in [5.74, 6) is 0.332. The van der Waals surface area contributed by atoms with Crippen molar-refractivity contribution in [2.24, 2.45) is 0 Å². The first-order chi connectivity index (χ1) is 13.7. The molecule has 1 saturated carbocycles. The standard InChI is InChI=1S/C20H19N5O2S/c26-18(23-16-9-10-16)13-5-7-15(8-6-13)24-19(27)17-4-2-1-3-14(17)11-28-20-21-12-22-25-20/h1-8,12,16H,9-11H2,(H,23,26)(H,24,27)(H,21,22,25). The van der Waals surface area contributed by atoms with Gasteiger partial charge in [0.2, 0.25) is 0 Å². The fraction of sp³-hybridized carbons (Fsp3) is 0.200. The zero-order valence-corrected chi connectivity index (χ0v) is 15.8. The first-order valence-corrected chi connectivity index (χ1v) is 9.96. The van der Waals surface area contributed by atoms with E-state index in [1.54, 1.807) is 30.3 Å². The SMILES string of the molecule is O=C(NC1CC1)c1ccc(NC(=O)c2ccccc2CSc2ncn[nH]2)cc1.